The fraction of sp³-hybridized carbons (Fsp3) is 0. The zero-order chi connectivity index (χ0) is 25.8. The summed E-state index contributed by atoms with van der Waals surface area (Å²) >= 11 is 6.41. The summed E-state index contributed by atoms with van der Waals surface area (Å²) in [6, 6.07) is 21.7. The van der Waals surface area contributed by atoms with Gasteiger partial charge in [-0.25, -0.2) is 9.97 Å². The van der Waals surface area contributed by atoms with Crippen LogP contribution in [-0.4, -0.2) is 26.8 Å². The minimum atomic E-state index is -0.319. The van der Waals surface area contributed by atoms with E-state index in [9.17, 15) is 9.59 Å². The van der Waals surface area contributed by atoms with Crippen LogP contribution in [0.15, 0.2) is 97.8 Å². The summed E-state index contributed by atoms with van der Waals surface area (Å²) in [5.74, 6) is -0.238. The summed E-state index contributed by atoms with van der Waals surface area (Å²) in [5, 5.41) is 10.2. The van der Waals surface area contributed by atoms with Crippen molar-refractivity contribution in [1.82, 2.24) is 15.0 Å². The lowest BCUT2D eigenvalue weighted by Crippen LogP contribution is -2.12. The van der Waals surface area contributed by atoms with Crippen LogP contribution in [0, 0.1) is 0 Å². The van der Waals surface area contributed by atoms with Gasteiger partial charge in [-0.15, -0.1) is 0 Å². The van der Waals surface area contributed by atoms with Crippen LogP contribution < -0.4 is 16.0 Å². The van der Waals surface area contributed by atoms with Crippen LogP contribution in [0.3, 0.4) is 0 Å². The summed E-state index contributed by atoms with van der Waals surface area (Å²) in [6.45, 7) is 3.42. The molecule has 2 heterocycles. The van der Waals surface area contributed by atoms with Gasteiger partial charge in [-0.3, -0.25) is 9.59 Å². The first-order valence-corrected chi connectivity index (χ1v) is 11.7. The van der Waals surface area contributed by atoms with Crippen LogP contribution in [0.5, 0.6) is 0 Å². The second-order valence-corrected chi connectivity index (χ2v) is 8.51. The predicted octanol–water partition coefficient (Wildman–Crippen LogP) is 6.40. The lowest BCUT2D eigenvalue weighted by molar-refractivity contribution is -0.111. The van der Waals surface area contributed by atoms with Crippen molar-refractivity contribution in [3.63, 3.8) is 0 Å². The van der Waals surface area contributed by atoms with E-state index in [0.717, 1.165) is 16.5 Å². The fourth-order valence-corrected chi connectivity index (χ4v) is 3.94. The lowest BCUT2D eigenvalue weighted by Gasteiger charge is -2.11. The molecule has 3 aromatic carbocycles. The van der Waals surface area contributed by atoms with E-state index in [-0.39, 0.29) is 11.8 Å². The Bertz CT molecular complexity index is 1630. The Hall–Kier alpha value is -4.95. The van der Waals surface area contributed by atoms with E-state index >= 15 is 0 Å². The fourth-order valence-electron chi connectivity index (χ4n) is 3.74. The number of halogens is 1. The zero-order valence-electron chi connectivity index (χ0n) is 19.5. The number of aromatic nitrogens is 3. The van der Waals surface area contributed by atoms with Crippen LogP contribution in [0.4, 0.5) is 23.0 Å². The lowest BCUT2D eigenvalue weighted by atomic mass is 10.1. The van der Waals surface area contributed by atoms with E-state index in [1.807, 2.05) is 42.6 Å². The van der Waals surface area contributed by atoms with E-state index in [4.69, 9.17) is 11.6 Å². The molecule has 0 fully saturated rings. The SMILES string of the molecule is C=CC(=O)Nc1ccc(C(=O)Nc2cccc(Nc3ncc(Cl)c(-c4ccc5[nH]ccc5c4)n3)c2)cc1. The van der Waals surface area contributed by atoms with Gasteiger partial charge in [0.15, 0.2) is 0 Å². The third-order valence-corrected chi connectivity index (χ3v) is 5.82. The van der Waals surface area contributed by atoms with Crippen molar-refractivity contribution in [2.45, 2.75) is 0 Å². The van der Waals surface area contributed by atoms with Crippen molar-refractivity contribution in [1.29, 1.82) is 0 Å². The quantitative estimate of drug-likeness (QED) is 0.190. The molecule has 0 aliphatic carbocycles. The highest BCUT2D eigenvalue weighted by atomic mass is 35.5. The van der Waals surface area contributed by atoms with Crippen LogP contribution in [0.25, 0.3) is 22.2 Å². The van der Waals surface area contributed by atoms with Gasteiger partial charge in [0.1, 0.15) is 0 Å². The van der Waals surface area contributed by atoms with Gasteiger partial charge in [-0.05, 0) is 66.7 Å². The number of H-pyrrole nitrogens is 1. The standard InChI is InChI=1S/C28H21ClN6O2/c1-2-25(36)32-20-9-6-17(7-10-20)27(37)33-21-4-3-5-22(15-21)34-28-31-16-23(29)26(35-28)19-8-11-24-18(14-19)12-13-30-24/h2-16,30H,1H2,(H,32,36)(H,33,37)(H,31,34,35). The van der Waals surface area contributed by atoms with Gasteiger partial charge in [0.05, 0.1) is 16.9 Å². The van der Waals surface area contributed by atoms with Crippen molar-refractivity contribution in [3.05, 3.63) is 108 Å². The van der Waals surface area contributed by atoms with Crippen LogP contribution in [0.2, 0.25) is 5.02 Å². The molecule has 0 unspecified atom stereocenters. The van der Waals surface area contributed by atoms with Gasteiger partial charge >= 0.3 is 0 Å². The average Bonchev–Trinajstić information content (AvgIpc) is 3.38. The number of anilines is 4. The van der Waals surface area contributed by atoms with Crippen molar-refractivity contribution < 1.29 is 9.59 Å². The summed E-state index contributed by atoms with van der Waals surface area (Å²) in [5.41, 5.74) is 4.81. The molecule has 182 valence electrons. The van der Waals surface area contributed by atoms with Crippen molar-refractivity contribution >= 4 is 57.3 Å². The largest absolute Gasteiger partial charge is 0.361 e. The number of nitrogens with zero attached hydrogens (tertiary/aromatic N) is 2. The molecule has 0 saturated carbocycles. The predicted molar refractivity (Wildman–Crippen MR) is 147 cm³/mol. The number of benzene rings is 3. The average molecular weight is 509 g/mol. The van der Waals surface area contributed by atoms with Crippen molar-refractivity contribution in [2.24, 2.45) is 0 Å². The number of amides is 2. The molecule has 0 aliphatic heterocycles. The smallest absolute Gasteiger partial charge is 0.255 e. The maximum Gasteiger partial charge on any atom is 0.255 e. The molecule has 5 aromatic rings. The second-order valence-electron chi connectivity index (χ2n) is 8.10. The molecule has 4 N–H and O–H groups in total. The first-order valence-electron chi connectivity index (χ1n) is 11.3. The number of hydrogen-bond donors (Lipinski definition) is 4. The maximum absolute atomic E-state index is 12.7. The molecule has 8 nitrogen and oxygen atoms in total. The molecule has 0 aliphatic rings. The Morgan fingerprint density at radius 3 is 2.54 bits per heavy atom. The first kappa shape index (κ1) is 23.8. The Morgan fingerprint density at radius 2 is 1.73 bits per heavy atom. The monoisotopic (exact) mass is 508 g/mol. The molecule has 0 bridgehead atoms. The van der Waals surface area contributed by atoms with E-state index < -0.39 is 0 Å². The first-order chi connectivity index (χ1) is 18.0. The summed E-state index contributed by atoms with van der Waals surface area (Å²) in [7, 11) is 0. The van der Waals surface area contributed by atoms with Gasteiger partial charge in [0, 0.05) is 45.3 Å². The minimum absolute atomic E-state index is 0.288. The highest BCUT2D eigenvalue weighted by Gasteiger charge is 2.11. The zero-order valence-corrected chi connectivity index (χ0v) is 20.2. The van der Waals surface area contributed by atoms with E-state index in [1.54, 1.807) is 42.6 Å². The summed E-state index contributed by atoms with van der Waals surface area (Å²) in [4.78, 5) is 36.2. The Kier molecular flexibility index (Phi) is 6.65. The Morgan fingerprint density at radius 1 is 0.919 bits per heavy atom. The normalized spacial score (nSPS) is 10.6. The van der Waals surface area contributed by atoms with Crippen LogP contribution in [0.1, 0.15) is 10.4 Å². The second kappa shape index (κ2) is 10.3. The number of hydrogen-bond acceptors (Lipinski definition) is 5. The molecule has 2 aromatic heterocycles. The minimum Gasteiger partial charge on any atom is -0.361 e. The third-order valence-electron chi connectivity index (χ3n) is 5.55. The number of aromatic amines is 1. The summed E-state index contributed by atoms with van der Waals surface area (Å²) < 4.78 is 0. The maximum atomic E-state index is 12.7. The Balaban J connectivity index is 1.30. The van der Waals surface area contributed by atoms with E-state index in [1.165, 1.54) is 6.08 Å². The Labute approximate surface area is 217 Å². The number of carbonyl (C=O) groups is 2. The van der Waals surface area contributed by atoms with Crippen LogP contribution in [-0.2, 0) is 4.79 Å². The highest BCUT2D eigenvalue weighted by molar-refractivity contribution is 6.33. The highest BCUT2D eigenvalue weighted by Crippen LogP contribution is 2.29. The van der Waals surface area contributed by atoms with Gasteiger partial charge in [0.25, 0.3) is 5.91 Å². The summed E-state index contributed by atoms with van der Waals surface area (Å²) in [6.07, 6.45) is 4.62. The number of carbonyl (C=O) groups excluding carboxylic acids is 2. The third kappa shape index (κ3) is 5.50. The van der Waals surface area contributed by atoms with Gasteiger partial charge in [-0.1, -0.05) is 30.3 Å². The molecule has 37 heavy (non-hydrogen) atoms. The van der Waals surface area contributed by atoms with Crippen molar-refractivity contribution in [3.8, 4) is 11.3 Å². The molecule has 0 atom stereocenters. The number of fused-ring (bicyclic) bond motifs is 1. The molecule has 5 rings (SSSR count). The van der Waals surface area contributed by atoms with E-state index in [0.29, 0.717) is 39.3 Å². The van der Waals surface area contributed by atoms with E-state index in [2.05, 4.69) is 37.5 Å². The molecular weight excluding hydrogens is 488 g/mol. The molecular formula is C28H21ClN6O2. The topological polar surface area (TPSA) is 112 Å². The van der Waals surface area contributed by atoms with Gasteiger partial charge in [-0.2, -0.15) is 0 Å². The van der Waals surface area contributed by atoms with Gasteiger partial charge < -0.3 is 20.9 Å². The molecule has 0 saturated heterocycles. The number of nitrogens with one attached hydrogen (secondary N) is 4. The van der Waals surface area contributed by atoms with Crippen molar-refractivity contribution in [2.75, 3.05) is 16.0 Å². The molecule has 2 amide bonds. The van der Waals surface area contributed by atoms with Crippen LogP contribution >= 0.6 is 11.6 Å². The molecule has 0 radical (unpaired) electrons. The molecule has 9 heteroatoms. The molecule has 0 spiro atoms. The van der Waals surface area contributed by atoms with Gasteiger partial charge in [0.2, 0.25) is 11.9 Å². The number of rotatable bonds is 7.